The summed E-state index contributed by atoms with van der Waals surface area (Å²) in [6, 6.07) is 23.9. The summed E-state index contributed by atoms with van der Waals surface area (Å²) in [4.78, 5) is 27.7. The van der Waals surface area contributed by atoms with Crippen LogP contribution in [0, 0.1) is 0 Å². The molecule has 2 aromatic carbocycles. The lowest BCUT2D eigenvalue weighted by Gasteiger charge is -2.20. The molecule has 28 heavy (non-hydrogen) atoms. The van der Waals surface area contributed by atoms with Gasteiger partial charge in [-0.2, -0.15) is 0 Å². The van der Waals surface area contributed by atoms with Crippen LogP contribution in [-0.2, 0) is 16.1 Å². The van der Waals surface area contributed by atoms with Crippen LogP contribution < -0.4 is 5.73 Å². The standard InChI is InChI=1S/C23H22N2O2S/c24-22(26)15-16-25(17-18-7-3-1-4-8-18)23(27)14-12-20-11-13-21(28-20)19-9-5-2-6-10-19/h1-14H,15-17H2,(H2,24,26)/b14-12+. The number of hydrogen-bond donors (Lipinski definition) is 1. The predicted molar refractivity (Wildman–Crippen MR) is 114 cm³/mol. The number of nitrogens with two attached hydrogens (primary N) is 1. The van der Waals surface area contributed by atoms with Gasteiger partial charge in [-0.1, -0.05) is 60.7 Å². The molecule has 0 atom stereocenters. The Kier molecular flexibility index (Phi) is 6.76. The number of thiophene rings is 1. The predicted octanol–water partition coefficient (Wildman–Crippen LogP) is 4.33. The normalized spacial score (nSPS) is 10.9. The number of primary amides is 1. The van der Waals surface area contributed by atoms with Gasteiger partial charge in [-0.15, -0.1) is 11.3 Å². The van der Waals surface area contributed by atoms with Crippen LogP contribution in [0.2, 0.25) is 0 Å². The molecule has 5 heteroatoms. The van der Waals surface area contributed by atoms with E-state index in [1.165, 1.54) is 0 Å². The second kappa shape index (κ2) is 9.67. The number of carbonyl (C=O) groups excluding carboxylic acids is 2. The first-order valence-electron chi connectivity index (χ1n) is 9.06. The zero-order valence-corrected chi connectivity index (χ0v) is 16.3. The SMILES string of the molecule is NC(=O)CCN(Cc1ccccc1)C(=O)/C=C/c1ccc(-c2ccccc2)s1. The molecule has 1 heterocycles. The summed E-state index contributed by atoms with van der Waals surface area (Å²) in [6.07, 6.45) is 3.52. The molecule has 2 amide bonds. The third kappa shape index (κ3) is 5.66. The highest BCUT2D eigenvalue weighted by Gasteiger charge is 2.12. The van der Waals surface area contributed by atoms with Crippen molar-refractivity contribution in [3.05, 3.63) is 89.3 Å². The van der Waals surface area contributed by atoms with Crippen molar-refractivity contribution in [1.29, 1.82) is 0 Å². The fourth-order valence-electron chi connectivity index (χ4n) is 2.77. The van der Waals surface area contributed by atoms with Gasteiger partial charge in [0.2, 0.25) is 11.8 Å². The second-order valence-electron chi connectivity index (χ2n) is 6.36. The van der Waals surface area contributed by atoms with E-state index in [1.54, 1.807) is 22.3 Å². The number of carbonyl (C=O) groups is 2. The molecule has 0 fully saturated rings. The lowest BCUT2D eigenvalue weighted by atomic mass is 10.2. The van der Waals surface area contributed by atoms with Crippen LogP contribution in [0.4, 0.5) is 0 Å². The highest BCUT2D eigenvalue weighted by Crippen LogP contribution is 2.28. The summed E-state index contributed by atoms with van der Waals surface area (Å²) in [6.45, 7) is 0.740. The molecule has 3 rings (SSSR count). The van der Waals surface area contributed by atoms with E-state index >= 15 is 0 Å². The van der Waals surface area contributed by atoms with E-state index in [0.717, 1.165) is 20.9 Å². The van der Waals surface area contributed by atoms with E-state index < -0.39 is 5.91 Å². The van der Waals surface area contributed by atoms with Crippen LogP contribution in [0.1, 0.15) is 16.9 Å². The average molecular weight is 391 g/mol. The molecule has 2 N–H and O–H groups in total. The molecule has 0 aliphatic carbocycles. The molecule has 0 aliphatic rings. The van der Waals surface area contributed by atoms with Crippen molar-refractivity contribution in [2.45, 2.75) is 13.0 Å². The van der Waals surface area contributed by atoms with Crippen molar-refractivity contribution in [2.24, 2.45) is 5.73 Å². The summed E-state index contributed by atoms with van der Waals surface area (Å²) >= 11 is 1.63. The van der Waals surface area contributed by atoms with Gasteiger partial charge in [-0.3, -0.25) is 9.59 Å². The topological polar surface area (TPSA) is 63.4 Å². The van der Waals surface area contributed by atoms with Gasteiger partial charge < -0.3 is 10.6 Å². The molecular formula is C23H22N2O2S. The molecule has 0 unspecified atom stereocenters. The highest BCUT2D eigenvalue weighted by atomic mass is 32.1. The zero-order chi connectivity index (χ0) is 19.8. The molecular weight excluding hydrogens is 368 g/mol. The fourth-order valence-corrected chi connectivity index (χ4v) is 3.69. The Hall–Kier alpha value is -3.18. The van der Waals surface area contributed by atoms with Gasteiger partial charge >= 0.3 is 0 Å². The maximum atomic E-state index is 12.7. The summed E-state index contributed by atoms with van der Waals surface area (Å²) < 4.78 is 0. The van der Waals surface area contributed by atoms with E-state index in [-0.39, 0.29) is 12.3 Å². The van der Waals surface area contributed by atoms with Gasteiger partial charge in [-0.25, -0.2) is 0 Å². The van der Waals surface area contributed by atoms with Gasteiger partial charge in [0.15, 0.2) is 0 Å². The van der Waals surface area contributed by atoms with Gasteiger partial charge in [0.25, 0.3) is 0 Å². The summed E-state index contributed by atoms with van der Waals surface area (Å²) in [5, 5.41) is 0. The summed E-state index contributed by atoms with van der Waals surface area (Å²) in [7, 11) is 0. The van der Waals surface area contributed by atoms with Crippen molar-refractivity contribution in [1.82, 2.24) is 4.90 Å². The number of nitrogens with zero attached hydrogens (tertiary/aromatic N) is 1. The molecule has 0 spiro atoms. The molecule has 0 radical (unpaired) electrons. The monoisotopic (exact) mass is 390 g/mol. The summed E-state index contributed by atoms with van der Waals surface area (Å²) in [5.41, 5.74) is 7.43. The first-order chi connectivity index (χ1) is 13.6. The molecule has 4 nitrogen and oxygen atoms in total. The maximum Gasteiger partial charge on any atom is 0.246 e. The molecule has 0 aliphatic heterocycles. The Morgan fingerprint density at radius 1 is 0.929 bits per heavy atom. The lowest BCUT2D eigenvalue weighted by molar-refractivity contribution is -0.127. The van der Waals surface area contributed by atoms with Gasteiger partial charge in [-0.05, 0) is 29.3 Å². The molecule has 3 aromatic rings. The van der Waals surface area contributed by atoms with Crippen LogP contribution in [-0.4, -0.2) is 23.3 Å². The first-order valence-corrected chi connectivity index (χ1v) is 9.88. The lowest BCUT2D eigenvalue weighted by Crippen LogP contribution is -2.32. The summed E-state index contributed by atoms with van der Waals surface area (Å²) in [5.74, 6) is -0.555. The van der Waals surface area contributed by atoms with E-state index in [1.807, 2.05) is 60.7 Å². The van der Waals surface area contributed by atoms with Crippen LogP contribution in [0.3, 0.4) is 0 Å². The zero-order valence-electron chi connectivity index (χ0n) is 15.5. The number of benzene rings is 2. The molecule has 1 aromatic heterocycles. The minimum Gasteiger partial charge on any atom is -0.370 e. The van der Waals surface area contributed by atoms with Gasteiger partial charge in [0, 0.05) is 35.3 Å². The Labute approximate surface area is 168 Å². The largest absolute Gasteiger partial charge is 0.370 e. The van der Waals surface area contributed by atoms with Crippen molar-refractivity contribution in [3.8, 4) is 10.4 Å². The van der Waals surface area contributed by atoms with E-state index in [9.17, 15) is 9.59 Å². The van der Waals surface area contributed by atoms with Crippen molar-refractivity contribution in [3.63, 3.8) is 0 Å². The minimum atomic E-state index is -0.416. The van der Waals surface area contributed by atoms with Crippen molar-refractivity contribution in [2.75, 3.05) is 6.54 Å². The Balaban J connectivity index is 1.70. The molecule has 0 saturated heterocycles. The maximum absolute atomic E-state index is 12.7. The van der Waals surface area contributed by atoms with Crippen LogP contribution in [0.25, 0.3) is 16.5 Å². The van der Waals surface area contributed by atoms with Crippen LogP contribution >= 0.6 is 11.3 Å². The highest BCUT2D eigenvalue weighted by molar-refractivity contribution is 7.16. The fraction of sp³-hybridized carbons (Fsp3) is 0.130. The Morgan fingerprint density at radius 2 is 1.61 bits per heavy atom. The third-order valence-corrected chi connectivity index (χ3v) is 5.33. The van der Waals surface area contributed by atoms with E-state index in [2.05, 4.69) is 18.2 Å². The first kappa shape index (κ1) is 19.6. The van der Waals surface area contributed by atoms with Gasteiger partial charge in [0.05, 0.1) is 0 Å². The number of amides is 2. The van der Waals surface area contributed by atoms with Crippen LogP contribution in [0.15, 0.2) is 78.9 Å². The Bertz CT molecular complexity index is 949. The van der Waals surface area contributed by atoms with Crippen molar-refractivity contribution < 1.29 is 9.59 Å². The number of hydrogen-bond acceptors (Lipinski definition) is 3. The smallest absolute Gasteiger partial charge is 0.246 e. The van der Waals surface area contributed by atoms with E-state index in [4.69, 9.17) is 5.73 Å². The van der Waals surface area contributed by atoms with Crippen molar-refractivity contribution >= 4 is 29.2 Å². The van der Waals surface area contributed by atoms with Gasteiger partial charge in [0.1, 0.15) is 0 Å². The third-order valence-electron chi connectivity index (χ3n) is 4.23. The molecule has 0 bridgehead atoms. The number of rotatable bonds is 8. The Morgan fingerprint density at radius 3 is 2.29 bits per heavy atom. The quantitative estimate of drug-likeness (QED) is 0.582. The molecule has 0 saturated carbocycles. The second-order valence-corrected chi connectivity index (χ2v) is 7.48. The van der Waals surface area contributed by atoms with Crippen LogP contribution in [0.5, 0.6) is 0 Å². The minimum absolute atomic E-state index is 0.139. The molecule has 142 valence electrons. The van der Waals surface area contributed by atoms with E-state index in [0.29, 0.717) is 13.1 Å². The average Bonchev–Trinajstić information content (AvgIpc) is 3.20.